The van der Waals surface area contributed by atoms with Gasteiger partial charge in [0.15, 0.2) is 17.4 Å². The largest absolute Gasteiger partial charge is 0.496 e. The van der Waals surface area contributed by atoms with Crippen molar-refractivity contribution >= 4 is 21.7 Å². The Hall–Kier alpha value is -1.75. The van der Waals surface area contributed by atoms with E-state index in [-0.39, 0.29) is 17.8 Å². The number of hydrogen-bond acceptors (Lipinski definition) is 2. The van der Waals surface area contributed by atoms with Crippen molar-refractivity contribution in [3.8, 4) is 5.75 Å². The van der Waals surface area contributed by atoms with Gasteiger partial charge in [-0.05, 0) is 36.4 Å². The summed E-state index contributed by atoms with van der Waals surface area (Å²) in [4.78, 5) is 12.1. The van der Waals surface area contributed by atoms with E-state index in [1.165, 1.54) is 13.2 Å². The van der Waals surface area contributed by atoms with Gasteiger partial charge in [-0.15, -0.1) is 0 Å². The molecule has 20 heavy (non-hydrogen) atoms. The van der Waals surface area contributed by atoms with Crippen molar-refractivity contribution in [2.75, 3.05) is 7.11 Å². The van der Waals surface area contributed by atoms with Gasteiger partial charge in [-0.25, -0.2) is 8.78 Å². The number of halogens is 3. The number of ketones is 1. The standard InChI is InChI=1S/C15H11BrF2O2/c1-20-15-5-3-11(16)6-10(15)8-14(19)9-2-4-12(17)13(18)7-9/h2-7H,8H2,1H3. The second kappa shape index (κ2) is 6.13. The number of Topliss-reactive ketones (excluding diaryl/α,β-unsaturated/α-hetero) is 1. The molecule has 0 amide bonds. The minimum Gasteiger partial charge on any atom is -0.496 e. The molecule has 0 radical (unpaired) electrons. The van der Waals surface area contributed by atoms with Crippen molar-refractivity contribution in [1.29, 1.82) is 0 Å². The van der Waals surface area contributed by atoms with E-state index < -0.39 is 11.6 Å². The van der Waals surface area contributed by atoms with E-state index >= 15 is 0 Å². The van der Waals surface area contributed by atoms with Gasteiger partial charge in [0.25, 0.3) is 0 Å². The maximum Gasteiger partial charge on any atom is 0.167 e. The number of methoxy groups -OCH3 is 1. The van der Waals surface area contributed by atoms with E-state index in [1.54, 1.807) is 18.2 Å². The molecule has 0 fully saturated rings. The zero-order valence-electron chi connectivity index (χ0n) is 10.6. The third-order valence-corrected chi connectivity index (χ3v) is 3.33. The lowest BCUT2D eigenvalue weighted by molar-refractivity contribution is 0.0991. The molecule has 0 saturated carbocycles. The third kappa shape index (κ3) is 3.22. The van der Waals surface area contributed by atoms with Crippen molar-refractivity contribution < 1.29 is 18.3 Å². The van der Waals surface area contributed by atoms with Crippen LogP contribution >= 0.6 is 15.9 Å². The van der Waals surface area contributed by atoms with E-state index in [2.05, 4.69) is 15.9 Å². The molecule has 104 valence electrons. The summed E-state index contributed by atoms with van der Waals surface area (Å²) in [6.07, 6.45) is 0.0493. The second-order valence-corrected chi connectivity index (χ2v) is 5.10. The first-order chi connectivity index (χ1) is 9.51. The molecule has 0 saturated heterocycles. The summed E-state index contributed by atoms with van der Waals surface area (Å²) in [5, 5.41) is 0. The van der Waals surface area contributed by atoms with Crippen LogP contribution in [0.1, 0.15) is 15.9 Å². The summed E-state index contributed by atoms with van der Waals surface area (Å²) < 4.78 is 32.0. The topological polar surface area (TPSA) is 26.3 Å². The highest BCUT2D eigenvalue weighted by molar-refractivity contribution is 9.10. The summed E-state index contributed by atoms with van der Waals surface area (Å²) in [5.74, 6) is -1.73. The fourth-order valence-electron chi connectivity index (χ4n) is 1.83. The molecule has 0 N–H and O–H groups in total. The summed E-state index contributed by atoms with van der Waals surface area (Å²) in [7, 11) is 1.51. The maximum atomic E-state index is 13.1. The highest BCUT2D eigenvalue weighted by Crippen LogP contribution is 2.24. The molecule has 2 nitrogen and oxygen atoms in total. The molecule has 0 aromatic heterocycles. The minimum atomic E-state index is -1.03. The fraction of sp³-hybridized carbons (Fsp3) is 0.133. The van der Waals surface area contributed by atoms with Crippen LogP contribution in [-0.2, 0) is 6.42 Å². The number of ether oxygens (including phenoxy) is 1. The number of carbonyl (C=O) groups is 1. The van der Waals surface area contributed by atoms with E-state index in [4.69, 9.17) is 4.74 Å². The van der Waals surface area contributed by atoms with Crippen LogP contribution in [0.4, 0.5) is 8.78 Å². The predicted octanol–water partition coefficient (Wildman–Crippen LogP) is 4.16. The molecule has 0 unspecified atom stereocenters. The molecule has 2 rings (SSSR count). The Morgan fingerprint density at radius 3 is 2.55 bits per heavy atom. The van der Waals surface area contributed by atoms with Crippen LogP contribution in [-0.4, -0.2) is 12.9 Å². The molecule has 0 heterocycles. The molecule has 2 aromatic rings. The Labute approximate surface area is 123 Å². The Bertz CT molecular complexity index is 656. The number of carbonyl (C=O) groups excluding carboxylic acids is 1. The first-order valence-corrected chi connectivity index (χ1v) is 6.61. The monoisotopic (exact) mass is 340 g/mol. The Morgan fingerprint density at radius 2 is 1.90 bits per heavy atom. The van der Waals surface area contributed by atoms with Crippen LogP contribution in [0.3, 0.4) is 0 Å². The molecule has 0 aliphatic heterocycles. The van der Waals surface area contributed by atoms with Crippen LogP contribution in [0.2, 0.25) is 0 Å². The van der Waals surface area contributed by atoms with E-state index in [0.717, 1.165) is 16.6 Å². The summed E-state index contributed by atoms with van der Waals surface area (Å²) in [6, 6.07) is 8.41. The van der Waals surface area contributed by atoms with E-state index in [9.17, 15) is 13.6 Å². The van der Waals surface area contributed by atoms with Crippen molar-refractivity contribution in [3.63, 3.8) is 0 Å². The van der Waals surface area contributed by atoms with Crippen molar-refractivity contribution in [1.82, 2.24) is 0 Å². The smallest absolute Gasteiger partial charge is 0.167 e. The first kappa shape index (κ1) is 14.7. The second-order valence-electron chi connectivity index (χ2n) is 4.19. The summed E-state index contributed by atoms with van der Waals surface area (Å²) >= 11 is 3.32. The quantitative estimate of drug-likeness (QED) is 0.781. The Morgan fingerprint density at radius 1 is 1.15 bits per heavy atom. The molecular weight excluding hydrogens is 330 g/mol. The van der Waals surface area contributed by atoms with Crippen LogP contribution < -0.4 is 4.74 Å². The zero-order valence-corrected chi connectivity index (χ0v) is 12.2. The van der Waals surface area contributed by atoms with Crippen LogP contribution in [0.5, 0.6) is 5.75 Å². The van der Waals surface area contributed by atoms with Crippen molar-refractivity contribution in [2.45, 2.75) is 6.42 Å². The Kier molecular flexibility index (Phi) is 4.49. The molecule has 0 aliphatic rings. The Balaban J connectivity index is 2.27. The highest BCUT2D eigenvalue weighted by atomic mass is 79.9. The molecule has 0 atom stereocenters. The van der Waals surface area contributed by atoms with Crippen LogP contribution in [0, 0.1) is 11.6 Å². The summed E-state index contributed by atoms with van der Waals surface area (Å²) in [5.41, 5.74) is 0.808. The van der Waals surface area contributed by atoms with Gasteiger partial charge in [-0.2, -0.15) is 0 Å². The molecule has 2 aromatic carbocycles. The molecule has 0 bridgehead atoms. The number of hydrogen-bond donors (Lipinski definition) is 0. The SMILES string of the molecule is COc1ccc(Br)cc1CC(=O)c1ccc(F)c(F)c1. The average Bonchev–Trinajstić information content (AvgIpc) is 2.42. The summed E-state index contributed by atoms with van der Waals surface area (Å²) in [6.45, 7) is 0. The van der Waals surface area contributed by atoms with Crippen LogP contribution in [0.15, 0.2) is 40.9 Å². The predicted molar refractivity (Wildman–Crippen MR) is 75.1 cm³/mol. The molecule has 5 heteroatoms. The van der Waals surface area contributed by atoms with Gasteiger partial charge in [-0.3, -0.25) is 4.79 Å². The van der Waals surface area contributed by atoms with Gasteiger partial charge < -0.3 is 4.74 Å². The maximum absolute atomic E-state index is 13.1. The third-order valence-electron chi connectivity index (χ3n) is 2.84. The van der Waals surface area contributed by atoms with Gasteiger partial charge in [0, 0.05) is 22.0 Å². The lowest BCUT2D eigenvalue weighted by atomic mass is 10.0. The number of benzene rings is 2. The molecule has 0 aliphatic carbocycles. The van der Waals surface area contributed by atoms with E-state index in [0.29, 0.717) is 11.3 Å². The van der Waals surface area contributed by atoms with Crippen molar-refractivity contribution in [2.24, 2.45) is 0 Å². The fourth-order valence-corrected chi connectivity index (χ4v) is 2.24. The molecule has 0 spiro atoms. The molecular formula is C15H11BrF2O2. The zero-order chi connectivity index (χ0) is 14.7. The van der Waals surface area contributed by atoms with Gasteiger partial charge in [-0.1, -0.05) is 15.9 Å². The van der Waals surface area contributed by atoms with E-state index in [1.807, 2.05) is 0 Å². The van der Waals surface area contributed by atoms with Gasteiger partial charge in [0.2, 0.25) is 0 Å². The highest BCUT2D eigenvalue weighted by Gasteiger charge is 2.13. The van der Waals surface area contributed by atoms with Gasteiger partial charge in [0.05, 0.1) is 7.11 Å². The van der Waals surface area contributed by atoms with Crippen LogP contribution in [0.25, 0.3) is 0 Å². The average molecular weight is 341 g/mol. The number of rotatable bonds is 4. The van der Waals surface area contributed by atoms with Crippen molar-refractivity contribution in [3.05, 3.63) is 63.6 Å². The normalized spacial score (nSPS) is 10.4. The van der Waals surface area contributed by atoms with Gasteiger partial charge in [0.1, 0.15) is 5.75 Å². The first-order valence-electron chi connectivity index (χ1n) is 5.82. The minimum absolute atomic E-state index is 0.0493. The lowest BCUT2D eigenvalue weighted by Crippen LogP contribution is -2.06. The van der Waals surface area contributed by atoms with Gasteiger partial charge >= 0.3 is 0 Å². The lowest BCUT2D eigenvalue weighted by Gasteiger charge is -2.08.